The van der Waals surface area contributed by atoms with Gasteiger partial charge in [0.15, 0.2) is 5.85 Å². The minimum absolute atomic E-state index is 0.277. The lowest BCUT2D eigenvalue weighted by Gasteiger charge is -2.48. The number of unbranched alkanes of at least 4 members (excludes halogenated alkanes) is 2. The Kier molecular flexibility index (Phi) is 8.58. The summed E-state index contributed by atoms with van der Waals surface area (Å²) >= 11 is 0. The van der Waals surface area contributed by atoms with Crippen LogP contribution in [0.4, 0.5) is 0 Å². The van der Waals surface area contributed by atoms with Crippen LogP contribution in [0.3, 0.4) is 0 Å². The second-order valence-electron chi connectivity index (χ2n) is 6.17. The molecule has 0 aromatic heterocycles. The zero-order chi connectivity index (χ0) is 17.4. The summed E-state index contributed by atoms with van der Waals surface area (Å²) in [7, 11) is 0. The smallest absolute Gasteiger partial charge is 0.317 e. The molecule has 0 radical (unpaired) electrons. The van der Waals surface area contributed by atoms with Gasteiger partial charge < -0.3 is 15.3 Å². The van der Waals surface area contributed by atoms with Crippen LogP contribution in [0.25, 0.3) is 0 Å². The molecule has 22 heavy (non-hydrogen) atoms. The Balaban J connectivity index is 5.32. The molecule has 0 spiro atoms. The summed E-state index contributed by atoms with van der Waals surface area (Å²) in [5, 5.41) is 32.2. The Morgan fingerprint density at radius 3 is 2.09 bits per heavy atom. The van der Waals surface area contributed by atoms with Crippen molar-refractivity contribution in [3.05, 3.63) is 0 Å². The van der Waals surface area contributed by atoms with Crippen LogP contribution in [-0.4, -0.2) is 57.6 Å². The lowest BCUT2D eigenvalue weighted by Crippen LogP contribution is -2.68. The van der Waals surface area contributed by atoms with Crippen molar-refractivity contribution in [3.63, 3.8) is 0 Å². The molecule has 7 heteroatoms. The lowest BCUT2D eigenvalue weighted by molar-refractivity contribution is -0.213. The molecule has 0 aliphatic heterocycles. The van der Waals surface area contributed by atoms with Gasteiger partial charge in [0.1, 0.15) is 6.54 Å². The number of aliphatic carboxylic acids is 2. The minimum atomic E-state index is -1.70. The van der Waals surface area contributed by atoms with Crippen molar-refractivity contribution in [2.24, 2.45) is 5.41 Å². The van der Waals surface area contributed by atoms with Crippen LogP contribution in [0.15, 0.2) is 0 Å². The standard InChI is InChI=1S/C15H30N2O5/c1-5-7-8-9-16-15(22,14(3,4)10-12(18)19)17(6-2)11-13(20)21/h16,22H,5-11H2,1-4H3,(H,18,19)(H,20,21). The molecule has 1 atom stereocenters. The summed E-state index contributed by atoms with van der Waals surface area (Å²) in [4.78, 5) is 23.5. The molecule has 0 heterocycles. The quantitative estimate of drug-likeness (QED) is 0.317. The van der Waals surface area contributed by atoms with E-state index in [4.69, 9.17) is 10.2 Å². The topological polar surface area (TPSA) is 110 Å². The van der Waals surface area contributed by atoms with Crippen LogP contribution in [0.5, 0.6) is 0 Å². The summed E-state index contributed by atoms with van der Waals surface area (Å²) in [5.74, 6) is -3.81. The fraction of sp³-hybridized carbons (Fsp3) is 0.867. The van der Waals surface area contributed by atoms with E-state index in [0.29, 0.717) is 6.54 Å². The van der Waals surface area contributed by atoms with Gasteiger partial charge in [0.05, 0.1) is 6.42 Å². The van der Waals surface area contributed by atoms with Crippen LogP contribution in [-0.2, 0) is 9.59 Å². The monoisotopic (exact) mass is 318 g/mol. The van der Waals surface area contributed by atoms with Gasteiger partial charge in [-0.1, -0.05) is 40.5 Å². The fourth-order valence-electron chi connectivity index (χ4n) is 2.54. The van der Waals surface area contributed by atoms with Crippen LogP contribution in [0, 0.1) is 5.41 Å². The van der Waals surface area contributed by atoms with Gasteiger partial charge in [-0.3, -0.25) is 19.8 Å². The Hall–Kier alpha value is -1.18. The maximum Gasteiger partial charge on any atom is 0.317 e. The molecule has 0 rings (SSSR count). The van der Waals surface area contributed by atoms with Crippen LogP contribution in [0.2, 0.25) is 0 Å². The van der Waals surface area contributed by atoms with Crippen molar-refractivity contribution >= 4 is 11.9 Å². The summed E-state index contributed by atoms with van der Waals surface area (Å²) < 4.78 is 0. The number of nitrogens with zero attached hydrogens (tertiary/aromatic N) is 1. The van der Waals surface area contributed by atoms with Gasteiger partial charge in [-0.2, -0.15) is 0 Å². The van der Waals surface area contributed by atoms with Crippen LogP contribution >= 0.6 is 0 Å². The highest BCUT2D eigenvalue weighted by Gasteiger charge is 2.49. The molecule has 130 valence electrons. The van der Waals surface area contributed by atoms with Crippen LogP contribution < -0.4 is 5.32 Å². The summed E-state index contributed by atoms with van der Waals surface area (Å²) in [6.45, 7) is 7.45. The number of carbonyl (C=O) groups is 2. The van der Waals surface area contributed by atoms with Gasteiger partial charge in [0.25, 0.3) is 0 Å². The highest BCUT2D eigenvalue weighted by atomic mass is 16.4. The third-order valence-electron chi connectivity index (χ3n) is 3.85. The molecular weight excluding hydrogens is 288 g/mol. The maximum absolute atomic E-state index is 11.1. The summed E-state index contributed by atoms with van der Waals surface area (Å²) in [6.07, 6.45) is 2.55. The van der Waals surface area contributed by atoms with E-state index >= 15 is 0 Å². The maximum atomic E-state index is 11.1. The van der Waals surface area contributed by atoms with Gasteiger partial charge in [0.2, 0.25) is 0 Å². The normalized spacial score (nSPS) is 14.8. The van der Waals surface area contributed by atoms with E-state index in [1.165, 1.54) is 4.90 Å². The minimum Gasteiger partial charge on any atom is -0.481 e. The molecule has 0 saturated heterocycles. The molecular formula is C15H30N2O5. The predicted octanol–water partition coefficient (Wildman–Crippen LogP) is 1.32. The Labute approximate surface area is 132 Å². The van der Waals surface area contributed by atoms with Gasteiger partial charge >= 0.3 is 11.9 Å². The highest BCUT2D eigenvalue weighted by molar-refractivity contribution is 5.69. The third-order valence-corrected chi connectivity index (χ3v) is 3.85. The number of hydrogen-bond donors (Lipinski definition) is 4. The molecule has 7 nitrogen and oxygen atoms in total. The van der Waals surface area contributed by atoms with E-state index in [1.54, 1.807) is 20.8 Å². The van der Waals surface area contributed by atoms with Crippen molar-refractivity contribution in [1.29, 1.82) is 0 Å². The first-order valence-corrected chi connectivity index (χ1v) is 7.76. The average Bonchev–Trinajstić information content (AvgIpc) is 2.38. The second-order valence-corrected chi connectivity index (χ2v) is 6.17. The lowest BCUT2D eigenvalue weighted by atomic mass is 9.81. The molecule has 0 aliphatic rings. The number of nitrogens with one attached hydrogen (secondary N) is 1. The van der Waals surface area contributed by atoms with Crippen molar-refractivity contribution in [2.75, 3.05) is 19.6 Å². The van der Waals surface area contributed by atoms with Gasteiger partial charge in [-0.05, 0) is 19.5 Å². The molecule has 4 N–H and O–H groups in total. The Bertz CT molecular complexity index is 373. The van der Waals surface area contributed by atoms with E-state index in [0.717, 1.165) is 19.3 Å². The number of carboxylic acid groups (broad SMARTS) is 2. The first kappa shape index (κ1) is 20.8. The highest BCUT2D eigenvalue weighted by Crippen LogP contribution is 2.35. The number of rotatable bonds is 12. The van der Waals surface area contributed by atoms with Crippen molar-refractivity contribution < 1.29 is 24.9 Å². The van der Waals surface area contributed by atoms with Gasteiger partial charge in [-0.15, -0.1) is 0 Å². The molecule has 0 bridgehead atoms. The zero-order valence-electron chi connectivity index (χ0n) is 14.1. The molecule has 0 fully saturated rings. The van der Waals surface area contributed by atoms with E-state index in [9.17, 15) is 14.7 Å². The first-order valence-electron chi connectivity index (χ1n) is 7.76. The Morgan fingerprint density at radius 1 is 1.09 bits per heavy atom. The molecule has 1 unspecified atom stereocenters. The van der Waals surface area contributed by atoms with Crippen molar-refractivity contribution in [2.45, 2.75) is 59.2 Å². The number of likely N-dealkylation sites (N-methyl/N-ethyl adjacent to an activating group) is 1. The van der Waals surface area contributed by atoms with E-state index in [-0.39, 0.29) is 19.5 Å². The predicted molar refractivity (Wildman–Crippen MR) is 83.4 cm³/mol. The molecule has 0 amide bonds. The first-order chi connectivity index (χ1) is 10.1. The number of hydrogen-bond acceptors (Lipinski definition) is 5. The number of aliphatic hydroxyl groups is 1. The molecule has 0 saturated carbocycles. The Morgan fingerprint density at radius 2 is 1.68 bits per heavy atom. The molecule has 0 aliphatic carbocycles. The fourth-order valence-corrected chi connectivity index (χ4v) is 2.54. The summed E-state index contributed by atoms with van der Waals surface area (Å²) in [6, 6.07) is 0. The van der Waals surface area contributed by atoms with E-state index in [1.807, 2.05) is 0 Å². The largest absolute Gasteiger partial charge is 0.481 e. The van der Waals surface area contributed by atoms with Crippen molar-refractivity contribution in [1.82, 2.24) is 10.2 Å². The average molecular weight is 318 g/mol. The molecule has 0 aromatic carbocycles. The second kappa shape index (κ2) is 9.07. The third kappa shape index (κ3) is 5.90. The van der Waals surface area contributed by atoms with E-state index < -0.39 is 23.2 Å². The SMILES string of the molecule is CCCCCNC(O)(N(CC)CC(=O)O)C(C)(C)CC(=O)O. The van der Waals surface area contributed by atoms with Gasteiger partial charge in [-0.25, -0.2) is 0 Å². The van der Waals surface area contributed by atoms with Crippen LogP contribution in [0.1, 0.15) is 53.4 Å². The number of carboxylic acids is 2. The van der Waals surface area contributed by atoms with Gasteiger partial charge in [0, 0.05) is 5.41 Å². The van der Waals surface area contributed by atoms with Crippen molar-refractivity contribution in [3.8, 4) is 0 Å². The van der Waals surface area contributed by atoms with E-state index in [2.05, 4.69) is 12.2 Å². The summed E-state index contributed by atoms with van der Waals surface area (Å²) in [5.41, 5.74) is -1.06. The zero-order valence-corrected chi connectivity index (χ0v) is 14.1. The molecule has 0 aromatic rings.